The van der Waals surface area contributed by atoms with Gasteiger partial charge in [0.1, 0.15) is 0 Å². The molecule has 0 aliphatic rings. The monoisotopic (exact) mass is 399 g/mol. The van der Waals surface area contributed by atoms with Crippen LogP contribution in [-0.2, 0) is 14.8 Å². The van der Waals surface area contributed by atoms with Crippen molar-refractivity contribution >= 4 is 41.9 Å². The first-order valence-electron chi connectivity index (χ1n) is 5.30. The van der Waals surface area contributed by atoms with Crippen LogP contribution in [0.5, 0.6) is 0 Å². The number of ether oxygens (including phenoxy) is 1. The molecule has 7 heteroatoms. The van der Waals surface area contributed by atoms with Crippen LogP contribution >= 0.6 is 31.9 Å². The first-order valence-corrected chi connectivity index (χ1v) is 8.32. The van der Waals surface area contributed by atoms with Crippen LogP contribution in [0.2, 0.25) is 0 Å². The van der Waals surface area contributed by atoms with E-state index < -0.39 is 10.0 Å². The summed E-state index contributed by atoms with van der Waals surface area (Å²) in [6.07, 6.45) is 0.667. The third-order valence-electron chi connectivity index (χ3n) is 2.40. The molecule has 0 heterocycles. The average Bonchev–Trinajstić information content (AvgIpc) is 2.28. The summed E-state index contributed by atoms with van der Waals surface area (Å²) in [7, 11) is -0.291. The molecule has 0 aliphatic carbocycles. The van der Waals surface area contributed by atoms with Gasteiger partial charge in [-0.3, -0.25) is 0 Å². The zero-order chi connectivity index (χ0) is 13.8. The molecule has 18 heavy (non-hydrogen) atoms. The van der Waals surface area contributed by atoms with Gasteiger partial charge in [0.15, 0.2) is 0 Å². The summed E-state index contributed by atoms with van der Waals surface area (Å²) in [5.41, 5.74) is 0. The Balaban J connectivity index is 2.91. The molecule has 0 fully saturated rings. The van der Waals surface area contributed by atoms with E-state index in [1.807, 2.05) is 0 Å². The van der Waals surface area contributed by atoms with Crippen LogP contribution in [0.25, 0.3) is 0 Å². The lowest BCUT2D eigenvalue weighted by Crippen LogP contribution is -2.28. The van der Waals surface area contributed by atoms with Crippen LogP contribution < -0.4 is 0 Å². The van der Waals surface area contributed by atoms with Crippen LogP contribution in [0, 0.1) is 0 Å². The Morgan fingerprint density at radius 2 is 2.00 bits per heavy atom. The first-order chi connectivity index (χ1) is 8.39. The molecular formula is C11H15Br2NO3S. The highest BCUT2D eigenvalue weighted by atomic mass is 79.9. The number of benzene rings is 1. The Morgan fingerprint density at radius 1 is 1.33 bits per heavy atom. The van der Waals surface area contributed by atoms with Crippen LogP contribution in [0.1, 0.15) is 6.42 Å². The van der Waals surface area contributed by atoms with Gasteiger partial charge in [0.25, 0.3) is 0 Å². The van der Waals surface area contributed by atoms with E-state index in [0.717, 1.165) is 4.47 Å². The van der Waals surface area contributed by atoms with Gasteiger partial charge in [-0.25, -0.2) is 12.7 Å². The number of halogens is 2. The predicted molar refractivity (Wildman–Crippen MR) is 78.2 cm³/mol. The summed E-state index contributed by atoms with van der Waals surface area (Å²) in [5, 5.41) is 0. The fourth-order valence-electron chi connectivity index (χ4n) is 1.40. The maximum absolute atomic E-state index is 12.3. The van der Waals surface area contributed by atoms with Gasteiger partial charge in [-0.15, -0.1) is 0 Å². The maximum atomic E-state index is 12.3. The summed E-state index contributed by atoms with van der Waals surface area (Å²) >= 11 is 6.57. The number of sulfonamides is 1. The lowest BCUT2D eigenvalue weighted by molar-refractivity contribution is 0.189. The molecule has 0 saturated carbocycles. The van der Waals surface area contributed by atoms with E-state index in [1.54, 1.807) is 32.4 Å². The summed E-state index contributed by atoms with van der Waals surface area (Å²) in [6.45, 7) is 0.972. The lowest BCUT2D eigenvalue weighted by atomic mass is 10.4. The molecule has 0 N–H and O–H groups in total. The van der Waals surface area contributed by atoms with Crippen molar-refractivity contribution in [3.05, 3.63) is 27.1 Å². The second-order valence-electron chi connectivity index (χ2n) is 3.75. The molecule has 0 radical (unpaired) electrons. The fourth-order valence-corrected chi connectivity index (χ4v) is 4.32. The maximum Gasteiger partial charge on any atom is 0.243 e. The minimum atomic E-state index is -3.46. The molecule has 1 aromatic rings. The molecule has 1 rings (SSSR count). The quantitative estimate of drug-likeness (QED) is 0.689. The topological polar surface area (TPSA) is 46.6 Å². The minimum Gasteiger partial charge on any atom is -0.385 e. The molecule has 0 unspecified atom stereocenters. The highest BCUT2D eigenvalue weighted by molar-refractivity contribution is 9.11. The normalized spacial score (nSPS) is 12.1. The number of methoxy groups -OCH3 is 1. The van der Waals surface area contributed by atoms with E-state index in [2.05, 4.69) is 31.9 Å². The zero-order valence-corrected chi connectivity index (χ0v) is 14.2. The highest BCUT2D eigenvalue weighted by Gasteiger charge is 2.22. The van der Waals surface area contributed by atoms with Crippen molar-refractivity contribution in [1.82, 2.24) is 4.31 Å². The second-order valence-corrected chi connectivity index (χ2v) is 7.53. The van der Waals surface area contributed by atoms with Gasteiger partial charge in [0.2, 0.25) is 10.0 Å². The van der Waals surface area contributed by atoms with Crippen molar-refractivity contribution < 1.29 is 13.2 Å². The van der Waals surface area contributed by atoms with E-state index in [0.29, 0.717) is 24.0 Å². The van der Waals surface area contributed by atoms with Gasteiger partial charge >= 0.3 is 0 Å². The zero-order valence-electron chi connectivity index (χ0n) is 10.2. The summed E-state index contributed by atoms with van der Waals surface area (Å²) in [4.78, 5) is 0.269. The van der Waals surface area contributed by atoms with Crippen LogP contribution in [-0.4, -0.2) is 40.0 Å². The van der Waals surface area contributed by atoms with Crippen molar-refractivity contribution in [1.29, 1.82) is 0 Å². The number of rotatable bonds is 6. The van der Waals surface area contributed by atoms with E-state index in [-0.39, 0.29) is 4.90 Å². The van der Waals surface area contributed by atoms with Crippen LogP contribution in [0.15, 0.2) is 32.0 Å². The first kappa shape index (κ1) is 16.1. The molecule has 0 saturated heterocycles. The second kappa shape index (κ2) is 7.00. The molecule has 4 nitrogen and oxygen atoms in total. The summed E-state index contributed by atoms with van der Waals surface area (Å²) < 4.78 is 32.2. The standard InChI is InChI=1S/C11H15Br2NO3S/c1-14(6-3-7-17-2)18(15,16)11-5-4-9(12)8-10(11)13/h4-5,8H,3,6-7H2,1-2H3. The van der Waals surface area contributed by atoms with Crippen molar-refractivity contribution in [2.75, 3.05) is 27.3 Å². The highest BCUT2D eigenvalue weighted by Crippen LogP contribution is 2.27. The number of hydrogen-bond donors (Lipinski definition) is 0. The van der Waals surface area contributed by atoms with Crippen molar-refractivity contribution in [2.24, 2.45) is 0 Å². The van der Waals surface area contributed by atoms with Gasteiger partial charge in [0.05, 0.1) is 4.90 Å². The van der Waals surface area contributed by atoms with Gasteiger partial charge in [0, 0.05) is 36.3 Å². The number of hydrogen-bond acceptors (Lipinski definition) is 3. The summed E-state index contributed by atoms with van der Waals surface area (Å²) in [6, 6.07) is 5.01. The van der Waals surface area contributed by atoms with E-state index in [1.165, 1.54) is 4.31 Å². The molecule has 0 spiro atoms. The Bertz CT molecular complexity index is 505. The molecular weight excluding hydrogens is 386 g/mol. The Morgan fingerprint density at radius 3 is 2.56 bits per heavy atom. The van der Waals surface area contributed by atoms with Gasteiger partial charge in [-0.05, 0) is 40.5 Å². The van der Waals surface area contributed by atoms with Gasteiger partial charge in [-0.2, -0.15) is 0 Å². The Hall–Kier alpha value is 0.0500. The van der Waals surface area contributed by atoms with Gasteiger partial charge < -0.3 is 4.74 Å². The molecule has 0 aromatic heterocycles. The van der Waals surface area contributed by atoms with E-state index >= 15 is 0 Å². The van der Waals surface area contributed by atoms with Crippen molar-refractivity contribution in [2.45, 2.75) is 11.3 Å². The van der Waals surface area contributed by atoms with Gasteiger partial charge in [-0.1, -0.05) is 15.9 Å². The molecule has 102 valence electrons. The molecule has 1 aromatic carbocycles. The number of nitrogens with zero attached hydrogens (tertiary/aromatic N) is 1. The molecule has 0 aliphatic heterocycles. The van der Waals surface area contributed by atoms with Crippen LogP contribution in [0.3, 0.4) is 0 Å². The van der Waals surface area contributed by atoms with E-state index in [9.17, 15) is 8.42 Å². The van der Waals surface area contributed by atoms with E-state index in [4.69, 9.17) is 4.74 Å². The molecule has 0 atom stereocenters. The lowest BCUT2D eigenvalue weighted by Gasteiger charge is -2.18. The third kappa shape index (κ3) is 4.03. The Kier molecular flexibility index (Phi) is 6.26. The Labute approximate surface area is 125 Å². The third-order valence-corrected chi connectivity index (χ3v) is 5.73. The minimum absolute atomic E-state index is 0.269. The SMILES string of the molecule is COCCCN(C)S(=O)(=O)c1ccc(Br)cc1Br. The molecule has 0 bridgehead atoms. The van der Waals surface area contributed by atoms with Crippen molar-refractivity contribution in [3.8, 4) is 0 Å². The van der Waals surface area contributed by atoms with Crippen molar-refractivity contribution in [3.63, 3.8) is 0 Å². The smallest absolute Gasteiger partial charge is 0.243 e. The molecule has 0 amide bonds. The average molecular weight is 401 g/mol. The van der Waals surface area contributed by atoms with Crippen LogP contribution in [0.4, 0.5) is 0 Å². The summed E-state index contributed by atoms with van der Waals surface area (Å²) in [5.74, 6) is 0. The largest absolute Gasteiger partial charge is 0.385 e. The predicted octanol–water partition coefficient (Wildman–Crippen LogP) is 2.87. The fraction of sp³-hybridized carbons (Fsp3) is 0.455.